The molecule has 0 radical (unpaired) electrons. The highest BCUT2D eigenvalue weighted by atomic mass is 16.6. The molecule has 1 saturated heterocycles. The number of carbonyl (C=O) groups is 2. The number of aromatic nitrogens is 2. The fourth-order valence-electron chi connectivity index (χ4n) is 4.84. The standard InChI is InChI=1S/C31H29N3O7/c1-38-31(37)23-15-9-8-14-22(23)25-26(39-18-20-10-4-2-5-11-20)27(40-19-21-12-6-3-7-13-21)30(41-25)34-17-16-33-24(28(32)35)29(34)36/h2-17,25-27,30H,18-19H2,1H3,(H2,32,35)/t25-,26-,27-,30+/m1/s1. The average Bonchev–Trinajstić information content (AvgIpc) is 3.37. The zero-order chi connectivity index (χ0) is 28.8. The minimum Gasteiger partial charge on any atom is -0.465 e. The van der Waals surface area contributed by atoms with Gasteiger partial charge in [0.1, 0.15) is 18.3 Å². The van der Waals surface area contributed by atoms with Crippen molar-refractivity contribution in [3.05, 3.63) is 136 Å². The molecule has 4 atom stereocenters. The van der Waals surface area contributed by atoms with Gasteiger partial charge in [0, 0.05) is 12.4 Å². The van der Waals surface area contributed by atoms with Crippen LogP contribution in [0.2, 0.25) is 0 Å². The zero-order valence-electron chi connectivity index (χ0n) is 22.3. The van der Waals surface area contributed by atoms with Crippen molar-refractivity contribution < 1.29 is 28.5 Å². The maximum Gasteiger partial charge on any atom is 0.338 e. The van der Waals surface area contributed by atoms with Gasteiger partial charge in [0.15, 0.2) is 11.9 Å². The number of benzene rings is 3. The van der Waals surface area contributed by atoms with E-state index in [2.05, 4.69) is 4.98 Å². The average molecular weight is 556 g/mol. The topological polar surface area (TPSA) is 132 Å². The lowest BCUT2D eigenvalue weighted by molar-refractivity contribution is -0.0910. The number of hydrogen-bond acceptors (Lipinski definition) is 8. The maximum atomic E-state index is 13.3. The van der Waals surface area contributed by atoms with Gasteiger partial charge in [-0.25, -0.2) is 9.78 Å². The summed E-state index contributed by atoms with van der Waals surface area (Å²) in [6.07, 6.45) is -0.835. The molecule has 0 aliphatic carbocycles. The monoisotopic (exact) mass is 555 g/mol. The highest BCUT2D eigenvalue weighted by Crippen LogP contribution is 2.43. The Balaban J connectivity index is 1.60. The van der Waals surface area contributed by atoms with E-state index in [0.717, 1.165) is 11.1 Å². The zero-order valence-corrected chi connectivity index (χ0v) is 22.3. The number of primary amides is 1. The lowest BCUT2D eigenvalue weighted by Gasteiger charge is -2.26. The number of methoxy groups -OCH3 is 1. The normalized spacial score (nSPS) is 20.0. The summed E-state index contributed by atoms with van der Waals surface area (Å²) >= 11 is 0. The van der Waals surface area contributed by atoms with Crippen LogP contribution in [0.15, 0.2) is 102 Å². The summed E-state index contributed by atoms with van der Waals surface area (Å²) in [7, 11) is 1.30. The number of nitrogens with two attached hydrogens (primary N) is 1. The SMILES string of the molecule is COC(=O)c1ccccc1[C@H]1O[C@H](n2ccnc(C(N)=O)c2=O)[C@H](OCc2ccccc2)[C@@H]1OCc1ccccc1. The molecule has 0 saturated carbocycles. The molecule has 0 bridgehead atoms. The van der Waals surface area contributed by atoms with Gasteiger partial charge >= 0.3 is 5.97 Å². The molecule has 210 valence electrons. The Bertz CT molecular complexity index is 1560. The molecule has 1 aromatic heterocycles. The fraction of sp³-hybridized carbons (Fsp3) is 0.226. The predicted molar refractivity (Wildman–Crippen MR) is 148 cm³/mol. The van der Waals surface area contributed by atoms with Crippen LogP contribution in [-0.4, -0.2) is 40.7 Å². The van der Waals surface area contributed by atoms with Crippen molar-refractivity contribution in [2.45, 2.75) is 37.8 Å². The molecule has 1 aliphatic heterocycles. The molecule has 5 rings (SSSR count). The number of carbonyl (C=O) groups excluding carboxylic acids is 2. The Morgan fingerprint density at radius 1 is 0.878 bits per heavy atom. The maximum absolute atomic E-state index is 13.3. The van der Waals surface area contributed by atoms with Crippen LogP contribution in [0.3, 0.4) is 0 Å². The first kappa shape index (κ1) is 27.9. The van der Waals surface area contributed by atoms with Gasteiger partial charge in [0.05, 0.1) is 25.9 Å². The van der Waals surface area contributed by atoms with Gasteiger partial charge in [-0.05, 0) is 22.8 Å². The van der Waals surface area contributed by atoms with Crippen molar-refractivity contribution in [3.63, 3.8) is 0 Å². The van der Waals surface area contributed by atoms with E-state index in [4.69, 9.17) is 24.7 Å². The number of rotatable bonds is 10. The van der Waals surface area contributed by atoms with E-state index in [0.29, 0.717) is 5.56 Å². The number of amides is 1. The van der Waals surface area contributed by atoms with Crippen LogP contribution in [0.1, 0.15) is 49.9 Å². The lowest BCUT2D eigenvalue weighted by atomic mass is 9.97. The second-order valence-corrected chi connectivity index (χ2v) is 9.40. The van der Waals surface area contributed by atoms with Crippen LogP contribution in [0.25, 0.3) is 0 Å². The molecular weight excluding hydrogens is 526 g/mol. The first-order valence-electron chi connectivity index (χ1n) is 13.0. The number of hydrogen-bond donors (Lipinski definition) is 1. The summed E-state index contributed by atoms with van der Waals surface area (Å²) in [5.74, 6) is -1.51. The third-order valence-electron chi connectivity index (χ3n) is 6.81. The van der Waals surface area contributed by atoms with Gasteiger partial charge in [0.25, 0.3) is 11.5 Å². The van der Waals surface area contributed by atoms with Gasteiger partial charge in [-0.15, -0.1) is 0 Å². The van der Waals surface area contributed by atoms with Gasteiger partial charge in [-0.2, -0.15) is 0 Å². The third-order valence-corrected chi connectivity index (χ3v) is 6.81. The molecule has 1 amide bonds. The molecule has 10 nitrogen and oxygen atoms in total. The van der Waals surface area contributed by atoms with Crippen molar-refractivity contribution in [2.24, 2.45) is 5.73 Å². The summed E-state index contributed by atoms with van der Waals surface area (Å²) in [4.78, 5) is 41.8. The van der Waals surface area contributed by atoms with E-state index in [9.17, 15) is 14.4 Å². The molecule has 1 fully saturated rings. The molecule has 2 N–H and O–H groups in total. The molecule has 0 unspecified atom stereocenters. The Kier molecular flexibility index (Phi) is 8.64. The predicted octanol–water partition coefficient (Wildman–Crippen LogP) is 3.57. The second kappa shape index (κ2) is 12.7. The summed E-state index contributed by atoms with van der Waals surface area (Å²) in [5.41, 5.74) is 6.85. The Morgan fingerprint density at radius 2 is 1.46 bits per heavy atom. The van der Waals surface area contributed by atoms with E-state index in [1.54, 1.807) is 24.3 Å². The van der Waals surface area contributed by atoms with Crippen LogP contribution >= 0.6 is 0 Å². The van der Waals surface area contributed by atoms with E-state index >= 15 is 0 Å². The van der Waals surface area contributed by atoms with Gasteiger partial charge < -0.3 is 24.7 Å². The molecule has 41 heavy (non-hydrogen) atoms. The Labute approximate surface area is 236 Å². The first-order chi connectivity index (χ1) is 20.0. The van der Waals surface area contributed by atoms with Crippen LogP contribution < -0.4 is 11.3 Å². The largest absolute Gasteiger partial charge is 0.465 e. The van der Waals surface area contributed by atoms with Crippen molar-refractivity contribution >= 4 is 11.9 Å². The second-order valence-electron chi connectivity index (χ2n) is 9.40. The lowest BCUT2D eigenvalue weighted by Crippen LogP contribution is -2.39. The molecule has 2 heterocycles. The van der Waals surface area contributed by atoms with Crippen LogP contribution in [0.5, 0.6) is 0 Å². The first-order valence-corrected chi connectivity index (χ1v) is 13.0. The number of nitrogens with zero attached hydrogens (tertiary/aromatic N) is 2. The highest BCUT2D eigenvalue weighted by Gasteiger charge is 2.49. The molecule has 0 spiro atoms. The fourth-order valence-corrected chi connectivity index (χ4v) is 4.84. The molecule has 3 aromatic carbocycles. The molecule has 4 aromatic rings. The summed E-state index contributed by atoms with van der Waals surface area (Å²) in [6.45, 7) is 0.395. The summed E-state index contributed by atoms with van der Waals surface area (Å²) in [5, 5.41) is 0. The summed E-state index contributed by atoms with van der Waals surface area (Å²) in [6, 6.07) is 26.0. The number of esters is 1. The minimum absolute atomic E-state index is 0.185. The quantitative estimate of drug-likeness (QED) is 0.294. The van der Waals surface area contributed by atoms with Crippen LogP contribution in [-0.2, 0) is 32.2 Å². The number of ether oxygens (including phenoxy) is 4. The Hall–Kier alpha value is -4.64. The molecular formula is C31H29N3O7. The van der Waals surface area contributed by atoms with Crippen LogP contribution in [0.4, 0.5) is 0 Å². The van der Waals surface area contributed by atoms with Crippen molar-refractivity contribution in [1.82, 2.24) is 9.55 Å². The van der Waals surface area contributed by atoms with Gasteiger partial charge in [0.2, 0.25) is 0 Å². The highest BCUT2D eigenvalue weighted by molar-refractivity contribution is 5.91. The molecule has 10 heteroatoms. The minimum atomic E-state index is -1.05. The third kappa shape index (κ3) is 6.09. The van der Waals surface area contributed by atoms with Crippen LogP contribution in [0, 0.1) is 0 Å². The van der Waals surface area contributed by atoms with E-state index in [1.165, 1.54) is 24.1 Å². The van der Waals surface area contributed by atoms with Crippen molar-refractivity contribution in [2.75, 3.05) is 7.11 Å². The van der Waals surface area contributed by atoms with E-state index < -0.39 is 47.7 Å². The smallest absolute Gasteiger partial charge is 0.338 e. The molecule has 1 aliphatic rings. The summed E-state index contributed by atoms with van der Waals surface area (Å²) < 4.78 is 25.7. The van der Waals surface area contributed by atoms with Crippen molar-refractivity contribution in [3.8, 4) is 0 Å². The van der Waals surface area contributed by atoms with Gasteiger partial charge in [-0.1, -0.05) is 78.9 Å². The van der Waals surface area contributed by atoms with Crippen molar-refractivity contribution in [1.29, 1.82) is 0 Å². The van der Waals surface area contributed by atoms with Gasteiger partial charge in [-0.3, -0.25) is 14.2 Å². The van der Waals surface area contributed by atoms with E-state index in [-0.39, 0.29) is 18.8 Å². The van der Waals surface area contributed by atoms with E-state index in [1.807, 2.05) is 60.7 Å². The Morgan fingerprint density at radius 3 is 2.07 bits per heavy atom.